The second kappa shape index (κ2) is 6.25. The number of halogens is 3. The fraction of sp³-hybridized carbons (Fsp3) is 0.538. The van der Waals surface area contributed by atoms with E-state index in [1.807, 2.05) is 13.8 Å². The summed E-state index contributed by atoms with van der Waals surface area (Å²) in [5.74, 6) is -0.206. The molecule has 0 spiro atoms. The minimum Gasteiger partial charge on any atom is -0.405 e. The Hall–Kier alpha value is -1.27. The molecule has 0 saturated carbocycles. The molecule has 0 saturated heterocycles. The Morgan fingerprint density at radius 3 is 2.42 bits per heavy atom. The van der Waals surface area contributed by atoms with E-state index in [9.17, 15) is 13.2 Å². The quantitative estimate of drug-likeness (QED) is 0.840. The molecule has 0 aliphatic carbocycles. The molecule has 0 aromatic heterocycles. The lowest BCUT2D eigenvalue weighted by molar-refractivity contribution is -0.274. The van der Waals surface area contributed by atoms with Crippen molar-refractivity contribution < 1.29 is 23.0 Å². The molecule has 0 unspecified atom stereocenters. The molecular formula is C13H18F3NO2. The number of nitrogens with one attached hydrogen (secondary N) is 1. The molecule has 108 valence electrons. The first-order chi connectivity index (χ1) is 8.73. The highest BCUT2D eigenvalue weighted by molar-refractivity contribution is 5.33. The van der Waals surface area contributed by atoms with Crippen LogP contribution in [0, 0.1) is 0 Å². The van der Waals surface area contributed by atoms with Crippen molar-refractivity contribution in [3.8, 4) is 5.75 Å². The summed E-state index contributed by atoms with van der Waals surface area (Å²) in [5.41, 5.74) is 0.0611. The third-order valence-electron chi connectivity index (χ3n) is 2.69. The number of benzene rings is 1. The van der Waals surface area contributed by atoms with Crippen LogP contribution in [0.3, 0.4) is 0 Å². The Labute approximate surface area is 110 Å². The Balaban J connectivity index is 2.73. The molecule has 1 aromatic carbocycles. The molecule has 0 heterocycles. The molecule has 19 heavy (non-hydrogen) atoms. The highest BCUT2D eigenvalue weighted by Crippen LogP contribution is 2.26. The van der Waals surface area contributed by atoms with E-state index < -0.39 is 6.36 Å². The van der Waals surface area contributed by atoms with Crippen molar-refractivity contribution in [2.24, 2.45) is 0 Å². The minimum absolute atomic E-state index is 0.0146. The van der Waals surface area contributed by atoms with Gasteiger partial charge in [-0.1, -0.05) is 18.2 Å². The van der Waals surface area contributed by atoms with E-state index in [1.165, 1.54) is 12.1 Å². The summed E-state index contributed by atoms with van der Waals surface area (Å²) >= 11 is 0. The highest BCUT2D eigenvalue weighted by atomic mass is 19.4. The number of alkyl halides is 3. The monoisotopic (exact) mass is 277 g/mol. The maximum Gasteiger partial charge on any atom is 0.573 e. The predicted molar refractivity (Wildman–Crippen MR) is 65.7 cm³/mol. The van der Waals surface area contributed by atoms with Crippen LogP contribution in [-0.4, -0.2) is 23.6 Å². The van der Waals surface area contributed by atoms with Crippen molar-refractivity contribution in [3.63, 3.8) is 0 Å². The summed E-state index contributed by atoms with van der Waals surface area (Å²) in [7, 11) is 0. The van der Waals surface area contributed by atoms with Gasteiger partial charge >= 0.3 is 6.36 Å². The second-order valence-electron chi connectivity index (χ2n) is 4.87. The van der Waals surface area contributed by atoms with E-state index in [-0.39, 0.29) is 24.4 Å². The highest BCUT2D eigenvalue weighted by Gasteiger charge is 2.32. The molecule has 6 heteroatoms. The van der Waals surface area contributed by atoms with Crippen molar-refractivity contribution in [1.82, 2.24) is 5.32 Å². The smallest absolute Gasteiger partial charge is 0.405 e. The van der Waals surface area contributed by atoms with Crippen LogP contribution in [0.4, 0.5) is 13.2 Å². The van der Waals surface area contributed by atoms with Crippen molar-refractivity contribution in [1.29, 1.82) is 0 Å². The van der Waals surface area contributed by atoms with Crippen LogP contribution >= 0.6 is 0 Å². The summed E-state index contributed by atoms with van der Waals surface area (Å²) in [6, 6.07) is 6.00. The number of hydrogen-bond donors (Lipinski definition) is 2. The Kier molecular flexibility index (Phi) is 5.20. The van der Waals surface area contributed by atoms with Gasteiger partial charge in [-0.15, -0.1) is 13.2 Å². The third-order valence-corrected chi connectivity index (χ3v) is 2.69. The van der Waals surface area contributed by atoms with Crippen molar-refractivity contribution in [2.45, 2.75) is 38.7 Å². The van der Waals surface area contributed by atoms with Crippen molar-refractivity contribution in [2.75, 3.05) is 6.61 Å². The molecule has 0 aliphatic rings. The van der Waals surface area contributed by atoms with Gasteiger partial charge in [-0.3, -0.25) is 0 Å². The van der Waals surface area contributed by atoms with Gasteiger partial charge in [0.2, 0.25) is 0 Å². The van der Waals surface area contributed by atoms with Crippen LogP contribution in [0.25, 0.3) is 0 Å². The fourth-order valence-corrected chi connectivity index (χ4v) is 1.58. The van der Waals surface area contributed by atoms with Crippen LogP contribution in [0.1, 0.15) is 25.8 Å². The van der Waals surface area contributed by atoms with Gasteiger partial charge in [0.15, 0.2) is 0 Å². The Bertz CT molecular complexity index is 405. The number of ether oxygens (including phenoxy) is 1. The zero-order chi connectivity index (χ0) is 14.5. The lowest BCUT2D eigenvalue weighted by Crippen LogP contribution is -2.39. The van der Waals surface area contributed by atoms with E-state index in [0.29, 0.717) is 12.0 Å². The topological polar surface area (TPSA) is 41.5 Å². The van der Waals surface area contributed by atoms with E-state index in [4.69, 9.17) is 5.11 Å². The number of aliphatic hydroxyl groups is 1. The zero-order valence-corrected chi connectivity index (χ0v) is 10.9. The zero-order valence-electron chi connectivity index (χ0n) is 10.9. The van der Waals surface area contributed by atoms with Gasteiger partial charge in [0.1, 0.15) is 5.75 Å². The minimum atomic E-state index is -4.70. The van der Waals surface area contributed by atoms with Crippen LogP contribution in [-0.2, 0) is 6.54 Å². The summed E-state index contributed by atoms with van der Waals surface area (Å²) in [4.78, 5) is 0. The summed E-state index contributed by atoms with van der Waals surface area (Å²) in [6.45, 7) is 3.99. The predicted octanol–water partition coefficient (Wildman–Crippen LogP) is 2.84. The average Bonchev–Trinajstić information content (AvgIpc) is 2.26. The SMILES string of the molecule is CC(C)(CCO)NCc1ccccc1OC(F)(F)F. The normalized spacial score (nSPS) is 12.5. The maximum atomic E-state index is 12.2. The van der Waals surface area contributed by atoms with Crippen LogP contribution < -0.4 is 10.1 Å². The van der Waals surface area contributed by atoms with Crippen molar-refractivity contribution in [3.05, 3.63) is 29.8 Å². The molecule has 0 fully saturated rings. The average molecular weight is 277 g/mol. The summed E-state index contributed by atoms with van der Waals surface area (Å²) in [5, 5.41) is 12.0. The van der Waals surface area contributed by atoms with E-state index in [0.717, 1.165) is 0 Å². The molecule has 0 radical (unpaired) electrons. The Morgan fingerprint density at radius 1 is 1.21 bits per heavy atom. The number of rotatable bonds is 6. The van der Waals surface area contributed by atoms with Crippen LogP contribution in [0.5, 0.6) is 5.75 Å². The molecular weight excluding hydrogens is 259 g/mol. The lowest BCUT2D eigenvalue weighted by Gasteiger charge is -2.26. The number of hydrogen-bond acceptors (Lipinski definition) is 3. The lowest BCUT2D eigenvalue weighted by atomic mass is 10.0. The van der Waals surface area contributed by atoms with Gasteiger partial charge in [-0.2, -0.15) is 0 Å². The number of aliphatic hydroxyl groups excluding tert-OH is 1. The molecule has 0 amide bonds. The van der Waals surface area contributed by atoms with Gasteiger partial charge in [-0.05, 0) is 26.3 Å². The van der Waals surface area contributed by atoms with Gasteiger partial charge in [0, 0.05) is 24.3 Å². The molecule has 1 rings (SSSR count). The van der Waals surface area contributed by atoms with Gasteiger partial charge in [-0.25, -0.2) is 0 Å². The molecule has 0 aliphatic heterocycles. The van der Waals surface area contributed by atoms with Crippen molar-refractivity contribution >= 4 is 0 Å². The second-order valence-corrected chi connectivity index (χ2v) is 4.87. The third kappa shape index (κ3) is 5.94. The summed E-state index contributed by atoms with van der Waals surface area (Å²) in [6.07, 6.45) is -4.19. The first-order valence-corrected chi connectivity index (χ1v) is 5.93. The van der Waals surface area contributed by atoms with Crippen LogP contribution in [0.2, 0.25) is 0 Å². The van der Waals surface area contributed by atoms with E-state index >= 15 is 0 Å². The van der Waals surface area contributed by atoms with Gasteiger partial charge in [0.25, 0.3) is 0 Å². The first-order valence-electron chi connectivity index (χ1n) is 5.93. The van der Waals surface area contributed by atoms with Crippen LogP contribution in [0.15, 0.2) is 24.3 Å². The fourth-order valence-electron chi connectivity index (χ4n) is 1.58. The van der Waals surface area contributed by atoms with Gasteiger partial charge < -0.3 is 15.2 Å². The molecule has 3 nitrogen and oxygen atoms in total. The molecule has 2 N–H and O–H groups in total. The molecule has 0 bridgehead atoms. The van der Waals surface area contributed by atoms with Gasteiger partial charge in [0.05, 0.1) is 0 Å². The standard InChI is InChI=1S/C13H18F3NO2/c1-12(2,7-8-18)17-9-10-5-3-4-6-11(10)19-13(14,15)16/h3-6,17-18H,7-9H2,1-2H3. The van der Waals surface area contributed by atoms with E-state index in [1.54, 1.807) is 12.1 Å². The maximum absolute atomic E-state index is 12.2. The molecule has 0 atom stereocenters. The summed E-state index contributed by atoms with van der Waals surface area (Å²) < 4.78 is 40.7. The Morgan fingerprint density at radius 2 is 1.84 bits per heavy atom. The molecule has 1 aromatic rings. The largest absolute Gasteiger partial charge is 0.573 e. The van der Waals surface area contributed by atoms with E-state index in [2.05, 4.69) is 10.1 Å². The first kappa shape index (κ1) is 15.8. The number of para-hydroxylation sites is 1.